The number of amides is 1. The third-order valence-electron chi connectivity index (χ3n) is 4.57. The third kappa shape index (κ3) is 4.23. The fourth-order valence-electron chi connectivity index (χ4n) is 3.13. The zero-order chi connectivity index (χ0) is 18.6. The molecule has 1 fully saturated rings. The van der Waals surface area contributed by atoms with E-state index in [4.69, 9.17) is 4.52 Å². The Balaban J connectivity index is 1.36. The third-order valence-corrected chi connectivity index (χ3v) is 5.26. The van der Waals surface area contributed by atoms with E-state index in [-0.39, 0.29) is 11.7 Å². The molecule has 1 aliphatic rings. The minimum Gasteiger partial charge on any atom is -0.338 e. The Kier molecular flexibility index (Phi) is 5.26. The molecule has 1 aromatic carbocycles. The van der Waals surface area contributed by atoms with Crippen molar-refractivity contribution in [2.75, 3.05) is 26.2 Å². The van der Waals surface area contributed by atoms with Crippen LogP contribution in [0.1, 0.15) is 22.7 Å². The highest BCUT2D eigenvalue weighted by atomic mass is 32.1. The van der Waals surface area contributed by atoms with Gasteiger partial charge in [0.2, 0.25) is 11.7 Å². The molecule has 0 aliphatic carbocycles. The second-order valence-corrected chi connectivity index (χ2v) is 7.23. The molecule has 1 saturated heterocycles. The van der Waals surface area contributed by atoms with E-state index in [0.29, 0.717) is 24.8 Å². The lowest BCUT2D eigenvalue weighted by atomic mass is 10.2. The fraction of sp³-hybridized carbons (Fsp3) is 0.316. The van der Waals surface area contributed by atoms with Gasteiger partial charge in [-0.3, -0.25) is 9.69 Å². The molecule has 0 radical (unpaired) electrons. The van der Waals surface area contributed by atoms with Gasteiger partial charge in [-0.2, -0.15) is 16.3 Å². The summed E-state index contributed by atoms with van der Waals surface area (Å²) in [4.78, 5) is 21.0. The van der Waals surface area contributed by atoms with Crippen LogP contribution in [0.4, 0.5) is 4.39 Å². The molecule has 6 nitrogen and oxygen atoms in total. The van der Waals surface area contributed by atoms with Gasteiger partial charge in [0.05, 0.1) is 12.1 Å². The predicted molar refractivity (Wildman–Crippen MR) is 99.8 cm³/mol. The van der Waals surface area contributed by atoms with Crippen LogP contribution in [0.5, 0.6) is 0 Å². The van der Waals surface area contributed by atoms with E-state index in [2.05, 4.69) is 15.0 Å². The first-order valence-electron chi connectivity index (χ1n) is 8.81. The van der Waals surface area contributed by atoms with Gasteiger partial charge in [0, 0.05) is 37.1 Å². The number of carbonyl (C=O) groups excluding carboxylic acids is 1. The molecule has 3 heterocycles. The van der Waals surface area contributed by atoms with Crippen molar-refractivity contribution in [1.82, 2.24) is 19.9 Å². The number of nitrogens with zero attached hydrogens (tertiary/aromatic N) is 4. The van der Waals surface area contributed by atoms with Gasteiger partial charge >= 0.3 is 0 Å². The molecular weight excluding hydrogens is 367 g/mol. The summed E-state index contributed by atoms with van der Waals surface area (Å²) in [6, 6.07) is 7.87. The van der Waals surface area contributed by atoms with Gasteiger partial charge in [-0.25, -0.2) is 4.39 Å². The van der Waals surface area contributed by atoms with Crippen molar-refractivity contribution in [3.63, 3.8) is 0 Å². The van der Waals surface area contributed by atoms with Crippen LogP contribution in [0.15, 0.2) is 45.6 Å². The minimum absolute atomic E-state index is 0.0921. The summed E-state index contributed by atoms with van der Waals surface area (Å²) >= 11 is 1.53. The number of carbonyl (C=O) groups is 1. The summed E-state index contributed by atoms with van der Waals surface area (Å²) in [5, 5.41) is 7.79. The molecule has 1 aliphatic heterocycles. The quantitative estimate of drug-likeness (QED) is 0.689. The average molecular weight is 386 g/mol. The topological polar surface area (TPSA) is 62.5 Å². The smallest absolute Gasteiger partial charge is 0.254 e. The number of benzene rings is 1. The average Bonchev–Trinajstić information content (AvgIpc) is 3.31. The molecule has 0 spiro atoms. The SMILES string of the molecule is O=C(c1ccsc1)N1CCCN(Cc2nc(-c3ccc(F)cc3)no2)CC1. The molecule has 0 bridgehead atoms. The number of hydrogen-bond acceptors (Lipinski definition) is 6. The summed E-state index contributed by atoms with van der Waals surface area (Å²) in [5.41, 5.74) is 1.48. The van der Waals surface area contributed by atoms with Gasteiger partial charge in [0.1, 0.15) is 5.82 Å². The van der Waals surface area contributed by atoms with Crippen molar-refractivity contribution >= 4 is 17.2 Å². The largest absolute Gasteiger partial charge is 0.338 e. The maximum absolute atomic E-state index is 13.0. The molecule has 8 heteroatoms. The molecule has 1 amide bonds. The molecule has 0 saturated carbocycles. The molecular formula is C19H19FN4O2S. The Hall–Kier alpha value is -2.58. The van der Waals surface area contributed by atoms with Gasteiger partial charge in [0.15, 0.2) is 0 Å². The maximum atomic E-state index is 13.0. The second-order valence-electron chi connectivity index (χ2n) is 6.45. The van der Waals surface area contributed by atoms with Crippen molar-refractivity contribution in [2.45, 2.75) is 13.0 Å². The molecule has 4 rings (SSSR count). The van der Waals surface area contributed by atoms with Gasteiger partial charge in [-0.15, -0.1) is 0 Å². The summed E-state index contributed by atoms with van der Waals surface area (Å²) in [5.74, 6) is 0.768. The monoisotopic (exact) mass is 386 g/mol. The molecule has 140 valence electrons. The number of rotatable bonds is 4. The van der Waals surface area contributed by atoms with Gasteiger partial charge < -0.3 is 9.42 Å². The van der Waals surface area contributed by atoms with Crippen LogP contribution in [-0.4, -0.2) is 52.0 Å². The van der Waals surface area contributed by atoms with Crippen LogP contribution >= 0.6 is 11.3 Å². The zero-order valence-electron chi connectivity index (χ0n) is 14.7. The number of thiophene rings is 1. The van der Waals surface area contributed by atoms with Crippen LogP contribution < -0.4 is 0 Å². The Morgan fingerprint density at radius 3 is 2.78 bits per heavy atom. The van der Waals surface area contributed by atoms with Crippen LogP contribution in [0.3, 0.4) is 0 Å². The molecule has 27 heavy (non-hydrogen) atoms. The lowest BCUT2D eigenvalue weighted by Crippen LogP contribution is -2.34. The Labute approximate surface area is 160 Å². The minimum atomic E-state index is -0.298. The molecule has 0 N–H and O–H groups in total. The van der Waals surface area contributed by atoms with Gasteiger partial charge in [-0.05, 0) is 42.1 Å². The van der Waals surface area contributed by atoms with E-state index in [1.165, 1.54) is 23.5 Å². The first-order valence-corrected chi connectivity index (χ1v) is 9.76. The standard InChI is InChI=1S/C19H19FN4O2S/c20-16-4-2-14(3-5-16)18-21-17(26-22-18)12-23-7-1-8-24(10-9-23)19(25)15-6-11-27-13-15/h2-6,11,13H,1,7-10,12H2. The van der Waals surface area contributed by atoms with Crippen LogP contribution in [0.2, 0.25) is 0 Å². The summed E-state index contributed by atoms with van der Waals surface area (Å²) in [6.45, 7) is 3.57. The molecule has 3 aromatic rings. The van der Waals surface area contributed by atoms with E-state index in [1.807, 2.05) is 21.7 Å². The highest BCUT2D eigenvalue weighted by Gasteiger charge is 2.22. The first-order chi connectivity index (χ1) is 13.2. The van der Waals surface area contributed by atoms with Crippen LogP contribution in [0.25, 0.3) is 11.4 Å². The van der Waals surface area contributed by atoms with Gasteiger partial charge in [0.25, 0.3) is 5.91 Å². The molecule has 0 atom stereocenters. The van der Waals surface area contributed by atoms with E-state index in [0.717, 1.165) is 37.2 Å². The number of halogens is 1. The van der Waals surface area contributed by atoms with Crippen LogP contribution in [-0.2, 0) is 6.54 Å². The summed E-state index contributed by atoms with van der Waals surface area (Å²) < 4.78 is 18.4. The summed E-state index contributed by atoms with van der Waals surface area (Å²) in [6.07, 6.45) is 0.898. The number of aromatic nitrogens is 2. The number of hydrogen-bond donors (Lipinski definition) is 0. The van der Waals surface area contributed by atoms with Crippen molar-refractivity contribution in [1.29, 1.82) is 0 Å². The lowest BCUT2D eigenvalue weighted by molar-refractivity contribution is 0.0761. The zero-order valence-corrected chi connectivity index (χ0v) is 15.5. The highest BCUT2D eigenvalue weighted by molar-refractivity contribution is 7.08. The van der Waals surface area contributed by atoms with Crippen molar-refractivity contribution in [3.8, 4) is 11.4 Å². The Morgan fingerprint density at radius 2 is 2.00 bits per heavy atom. The first kappa shape index (κ1) is 17.8. The lowest BCUT2D eigenvalue weighted by Gasteiger charge is -2.20. The maximum Gasteiger partial charge on any atom is 0.254 e. The van der Waals surface area contributed by atoms with E-state index in [1.54, 1.807) is 12.1 Å². The Bertz CT molecular complexity index is 895. The van der Waals surface area contributed by atoms with Crippen LogP contribution in [0, 0.1) is 5.82 Å². The van der Waals surface area contributed by atoms with E-state index in [9.17, 15) is 9.18 Å². The predicted octanol–water partition coefficient (Wildman–Crippen LogP) is 3.29. The highest BCUT2D eigenvalue weighted by Crippen LogP contribution is 2.18. The van der Waals surface area contributed by atoms with Crippen molar-refractivity contribution in [2.24, 2.45) is 0 Å². The normalized spacial score (nSPS) is 15.7. The summed E-state index contributed by atoms with van der Waals surface area (Å²) in [7, 11) is 0. The van der Waals surface area contributed by atoms with E-state index < -0.39 is 0 Å². The second kappa shape index (κ2) is 7.98. The van der Waals surface area contributed by atoms with Crippen molar-refractivity contribution in [3.05, 3.63) is 58.4 Å². The molecule has 2 aromatic heterocycles. The Morgan fingerprint density at radius 1 is 1.15 bits per heavy atom. The van der Waals surface area contributed by atoms with Crippen molar-refractivity contribution < 1.29 is 13.7 Å². The van der Waals surface area contributed by atoms with E-state index >= 15 is 0 Å². The van der Waals surface area contributed by atoms with Gasteiger partial charge in [-0.1, -0.05) is 5.16 Å². The molecule has 0 unspecified atom stereocenters. The fourth-order valence-corrected chi connectivity index (χ4v) is 3.76.